The normalized spacial score (nSPS) is 27.7. The molecule has 2 atom stereocenters. The Kier molecular flexibility index (Phi) is 2.99. The van der Waals surface area contributed by atoms with E-state index >= 15 is 0 Å². The highest BCUT2D eigenvalue weighted by molar-refractivity contribution is 6.02. The first-order valence-corrected chi connectivity index (χ1v) is 5.77. The van der Waals surface area contributed by atoms with Gasteiger partial charge in [-0.05, 0) is 13.8 Å². The lowest BCUT2D eigenvalue weighted by molar-refractivity contribution is 0.0854. The van der Waals surface area contributed by atoms with Gasteiger partial charge in [-0.1, -0.05) is 54.1 Å². The van der Waals surface area contributed by atoms with Crippen molar-refractivity contribution in [1.82, 2.24) is 0 Å². The Labute approximate surface area is 102 Å². The Balaban J connectivity index is 2.40. The minimum Gasteiger partial charge on any atom is -0.323 e. The number of ketones is 1. The van der Waals surface area contributed by atoms with Crippen LogP contribution in [0.4, 0.5) is 0 Å². The summed E-state index contributed by atoms with van der Waals surface area (Å²) in [6.45, 7) is 3.89. The lowest BCUT2D eigenvalue weighted by atomic mass is 9.72. The highest BCUT2D eigenvalue weighted by atomic mass is 16.1. The summed E-state index contributed by atoms with van der Waals surface area (Å²) in [5.74, 6) is 0.0781. The molecule has 0 amide bonds. The second-order valence-electron chi connectivity index (χ2n) is 4.75. The zero-order valence-electron chi connectivity index (χ0n) is 10.2. The Morgan fingerprint density at radius 3 is 2.59 bits per heavy atom. The second kappa shape index (κ2) is 4.30. The second-order valence-corrected chi connectivity index (χ2v) is 4.75. The Morgan fingerprint density at radius 2 is 1.94 bits per heavy atom. The van der Waals surface area contributed by atoms with E-state index in [9.17, 15) is 4.79 Å². The van der Waals surface area contributed by atoms with Crippen LogP contribution in [-0.4, -0.2) is 11.8 Å². The van der Waals surface area contributed by atoms with Crippen LogP contribution in [0.2, 0.25) is 0 Å². The number of carbonyl (C=O) groups excluding carboxylic acids is 1. The predicted molar refractivity (Wildman–Crippen MR) is 69.8 cm³/mol. The molecule has 1 aliphatic carbocycles. The largest absolute Gasteiger partial charge is 0.323 e. The Morgan fingerprint density at radius 1 is 1.29 bits per heavy atom. The van der Waals surface area contributed by atoms with E-state index in [1.165, 1.54) is 0 Å². The molecule has 0 saturated carbocycles. The molecule has 0 aromatic heterocycles. The zero-order valence-corrected chi connectivity index (χ0v) is 10.2. The van der Waals surface area contributed by atoms with Crippen molar-refractivity contribution in [2.45, 2.75) is 19.9 Å². The molecule has 2 heteroatoms. The molecule has 0 aliphatic heterocycles. The van der Waals surface area contributed by atoms with Gasteiger partial charge in [0.1, 0.15) is 0 Å². The van der Waals surface area contributed by atoms with E-state index in [4.69, 9.17) is 5.73 Å². The molecular weight excluding hydrogens is 210 g/mol. The third-order valence-corrected chi connectivity index (χ3v) is 3.31. The van der Waals surface area contributed by atoms with Crippen molar-refractivity contribution < 1.29 is 4.79 Å². The molecule has 17 heavy (non-hydrogen) atoms. The fraction of sp³-hybridized carbons (Fsp3) is 0.267. The van der Waals surface area contributed by atoms with Gasteiger partial charge in [0.25, 0.3) is 0 Å². The lowest BCUT2D eigenvalue weighted by Gasteiger charge is -2.32. The SMILES string of the molecule is CC1=CC(C)(C(=O)c2ccccc2)C(N)C=C1. The van der Waals surface area contributed by atoms with E-state index in [1.807, 2.05) is 62.4 Å². The molecule has 1 aliphatic rings. The first-order valence-electron chi connectivity index (χ1n) is 5.77. The maximum atomic E-state index is 12.5. The standard InChI is InChI=1S/C15H17NO/c1-11-8-9-13(16)15(2,10-11)14(17)12-6-4-3-5-7-12/h3-10,13H,16H2,1-2H3. The summed E-state index contributed by atoms with van der Waals surface area (Å²) in [5, 5.41) is 0. The third kappa shape index (κ3) is 2.08. The van der Waals surface area contributed by atoms with Crippen LogP contribution in [0, 0.1) is 5.41 Å². The summed E-state index contributed by atoms with van der Waals surface area (Å²) in [6.07, 6.45) is 5.83. The van der Waals surface area contributed by atoms with Crippen LogP contribution in [0.1, 0.15) is 24.2 Å². The molecule has 1 aromatic rings. The van der Waals surface area contributed by atoms with Gasteiger partial charge >= 0.3 is 0 Å². The van der Waals surface area contributed by atoms with Crippen LogP contribution in [-0.2, 0) is 0 Å². The number of rotatable bonds is 2. The number of nitrogens with two attached hydrogens (primary N) is 1. The molecule has 88 valence electrons. The van der Waals surface area contributed by atoms with Crippen LogP contribution >= 0.6 is 0 Å². The van der Waals surface area contributed by atoms with Crippen LogP contribution in [0.15, 0.2) is 54.1 Å². The highest BCUT2D eigenvalue weighted by Gasteiger charge is 2.37. The molecule has 2 nitrogen and oxygen atoms in total. The maximum absolute atomic E-state index is 12.5. The lowest BCUT2D eigenvalue weighted by Crippen LogP contribution is -2.44. The van der Waals surface area contributed by atoms with Gasteiger partial charge in [-0.15, -0.1) is 0 Å². The van der Waals surface area contributed by atoms with Gasteiger partial charge in [-0.2, -0.15) is 0 Å². The van der Waals surface area contributed by atoms with Crippen molar-refractivity contribution in [2.75, 3.05) is 0 Å². The molecule has 0 bridgehead atoms. The fourth-order valence-corrected chi connectivity index (χ4v) is 2.19. The smallest absolute Gasteiger partial charge is 0.174 e. The van der Waals surface area contributed by atoms with Crippen molar-refractivity contribution in [2.24, 2.45) is 11.1 Å². The van der Waals surface area contributed by atoms with Gasteiger partial charge in [-0.3, -0.25) is 4.79 Å². The summed E-state index contributed by atoms with van der Waals surface area (Å²) in [5.41, 5.74) is 7.22. The molecule has 0 heterocycles. The quantitative estimate of drug-likeness (QED) is 0.789. The Bertz CT molecular complexity index is 487. The maximum Gasteiger partial charge on any atom is 0.174 e. The minimum absolute atomic E-state index is 0.0781. The number of hydrogen-bond donors (Lipinski definition) is 1. The van der Waals surface area contributed by atoms with Crippen molar-refractivity contribution in [3.05, 3.63) is 59.7 Å². The fourth-order valence-electron chi connectivity index (χ4n) is 2.19. The molecule has 0 radical (unpaired) electrons. The van der Waals surface area contributed by atoms with Gasteiger partial charge in [-0.25, -0.2) is 0 Å². The zero-order chi connectivity index (χ0) is 12.5. The van der Waals surface area contributed by atoms with Crippen molar-refractivity contribution in [3.63, 3.8) is 0 Å². The number of Topliss-reactive ketones (excluding diaryl/α,β-unsaturated/α-hetero) is 1. The number of allylic oxidation sites excluding steroid dienone is 2. The van der Waals surface area contributed by atoms with Crippen molar-refractivity contribution in [1.29, 1.82) is 0 Å². The topological polar surface area (TPSA) is 43.1 Å². The minimum atomic E-state index is -0.639. The van der Waals surface area contributed by atoms with Crippen molar-refractivity contribution in [3.8, 4) is 0 Å². The summed E-state index contributed by atoms with van der Waals surface area (Å²) in [6, 6.07) is 9.05. The molecule has 2 N–H and O–H groups in total. The van der Waals surface area contributed by atoms with E-state index in [0.717, 1.165) is 5.57 Å². The molecule has 2 unspecified atom stereocenters. The van der Waals surface area contributed by atoms with Crippen LogP contribution < -0.4 is 5.73 Å². The van der Waals surface area contributed by atoms with Gasteiger partial charge in [0.2, 0.25) is 0 Å². The molecule has 0 spiro atoms. The monoisotopic (exact) mass is 227 g/mol. The molecule has 1 aromatic carbocycles. The summed E-state index contributed by atoms with van der Waals surface area (Å²) in [4.78, 5) is 12.5. The predicted octanol–water partition coefficient (Wildman–Crippen LogP) is 2.72. The van der Waals surface area contributed by atoms with E-state index in [0.29, 0.717) is 5.56 Å². The highest BCUT2D eigenvalue weighted by Crippen LogP contribution is 2.32. The summed E-state index contributed by atoms with van der Waals surface area (Å²) >= 11 is 0. The third-order valence-electron chi connectivity index (χ3n) is 3.31. The number of benzene rings is 1. The Hall–Kier alpha value is -1.67. The molecular formula is C15H17NO. The van der Waals surface area contributed by atoms with Gasteiger partial charge in [0.05, 0.1) is 5.41 Å². The van der Waals surface area contributed by atoms with E-state index in [-0.39, 0.29) is 11.8 Å². The molecule has 0 fully saturated rings. The number of carbonyl (C=O) groups is 1. The molecule has 2 rings (SSSR count). The molecule has 0 saturated heterocycles. The van der Waals surface area contributed by atoms with E-state index in [2.05, 4.69) is 0 Å². The summed E-state index contributed by atoms with van der Waals surface area (Å²) in [7, 11) is 0. The first-order chi connectivity index (χ1) is 8.04. The van der Waals surface area contributed by atoms with Gasteiger partial charge < -0.3 is 5.73 Å². The van der Waals surface area contributed by atoms with Crippen molar-refractivity contribution >= 4 is 5.78 Å². The van der Waals surface area contributed by atoms with Crippen LogP contribution in [0.25, 0.3) is 0 Å². The average molecular weight is 227 g/mol. The van der Waals surface area contributed by atoms with Gasteiger partial charge in [0.15, 0.2) is 5.78 Å². The van der Waals surface area contributed by atoms with Gasteiger partial charge in [0, 0.05) is 11.6 Å². The van der Waals surface area contributed by atoms with E-state index in [1.54, 1.807) is 0 Å². The average Bonchev–Trinajstić information content (AvgIpc) is 2.34. The summed E-state index contributed by atoms with van der Waals surface area (Å²) < 4.78 is 0. The van der Waals surface area contributed by atoms with Crippen LogP contribution in [0.5, 0.6) is 0 Å². The first kappa shape index (κ1) is 11.8. The number of hydrogen-bond acceptors (Lipinski definition) is 2. The van der Waals surface area contributed by atoms with Crippen LogP contribution in [0.3, 0.4) is 0 Å². The van der Waals surface area contributed by atoms with E-state index < -0.39 is 5.41 Å².